The van der Waals surface area contributed by atoms with Gasteiger partial charge in [0.05, 0.1) is 16.7 Å². The molecule has 176 valence electrons. The number of benzene rings is 7. The zero-order valence-electron chi connectivity index (χ0n) is 20.5. The third-order valence-electron chi connectivity index (χ3n) is 8.15. The first kappa shape index (κ1) is 20.4. The molecule has 38 heavy (non-hydrogen) atoms. The smallest absolute Gasteiger partial charge is 0.0634 e. The van der Waals surface area contributed by atoms with Gasteiger partial charge in [0.2, 0.25) is 0 Å². The molecule has 0 saturated heterocycles. The van der Waals surface area contributed by atoms with Crippen LogP contribution in [0.5, 0.6) is 0 Å². The zero-order chi connectivity index (χ0) is 24.8. The van der Waals surface area contributed by atoms with E-state index in [0.717, 1.165) is 0 Å². The monoisotopic (exact) mass is 499 g/mol. The van der Waals surface area contributed by atoms with Crippen molar-refractivity contribution < 1.29 is 0 Å². The molecule has 0 atom stereocenters. The minimum atomic E-state index is 1.23. The largest absolute Gasteiger partial charge is 0.308 e. The quantitative estimate of drug-likeness (QED) is 0.198. The summed E-state index contributed by atoms with van der Waals surface area (Å²) in [5.41, 5.74) is 3.77. The molecule has 0 unspecified atom stereocenters. The average Bonchev–Trinajstić information content (AvgIpc) is 3.54. The van der Waals surface area contributed by atoms with Crippen molar-refractivity contribution in [2.24, 2.45) is 0 Å². The topological polar surface area (TPSA) is 4.93 Å². The van der Waals surface area contributed by atoms with Crippen LogP contribution in [0.1, 0.15) is 0 Å². The van der Waals surface area contributed by atoms with E-state index in [-0.39, 0.29) is 0 Å². The minimum absolute atomic E-state index is 1.23. The maximum atomic E-state index is 2.52. The lowest BCUT2D eigenvalue weighted by molar-refractivity contribution is 1.21. The Hall–Kier alpha value is -4.66. The van der Waals surface area contributed by atoms with Crippen molar-refractivity contribution in [1.29, 1.82) is 0 Å². The van der Waals surface area contributed by atoms with E-state index in [4.69, 9.17) is 0 Å². The molecule has 9 rings (SSSR count). The summed E-state index contributed by atoms with van der Waals surface area (Å²) in [6, 6.07) is 46.8. The predicted molar refractivity (Wildman–Crippen MR) is 166 cm³/mol. The SMILES string of the molecule is c1ccc2c(-n3c4ccccc4c4ccc5sc6c7ccccc7c7ccccc7c6c5c43)cccc2c1. The summed E-state index contributed by atoms with van der Waals surface area (Å²) >= 11 is 1.92. The van der Waals surface area contributed by atoms with Crippen molar-refractivity contribution in [3.05, 3.63) is 127 Å². The molecule has 0 radical (unpaired) electrons. The summed E-state index contributed by atoms with van der Waals surface area (Å²) in [5, 5.41) is 13.2. The van der Waals surface area contributed by atoms with Crippen LogP contribution in [0.2, 0.25) is 0 Å². The lowest BCUT2D eigenvalue weighted by Crippen LogP contribution is -1.95. The van der Waals surface area contributed by atoms with Crippen molar-refractivity contribution in [1.82, 2.24) is 4.57 Å². The van der Waals surface area contributed by atoms with Gasteiger partial charge in [-0.15, -0.1) is 11.3 Å². The van der Waals surface area contributed by atoms with Crippen molar-refractivity contribution >= 4 is 85.6 Å². The average molecular weight is 500 g/mol. The van der Waals surface area contributed by atoms with Crippen molar-refractivity contribution in [3.8, 4) is 5.69 Å². The van der Waals surface area contributed by atoms with E-state index >= 15 is 0 Å². The summed E-state index contributed by atoms with van der Waals surface area (Å²) in [7, 11) is 0. The van der Waals surface area contributed by atoms with E-state index in [1.165, 1.54) is 80.0 Å². The Kier molecular flexibility index (Phi) is 3.99. The molecule has 2 heteroatoms. The second kappa shape index (κ2) is 7.44. The highest BCUT2D eigenvalue weighted by atomic mass is 32.1. The Labute approximate surface area is 222 Å². The lowest BCUT2D eigenvalue weighted by atomic mass is 9.96. The number of aromatic nitrogens is 1. The molecule has 0 amide bonds. The van der Waals surface area contributed by atoms with Gasteiger partial charge in [0, 0.05) is 41.7 Å². The standard InChI is InChI=1S/C36H21NS/c1-2-12-23-22(10-1)11-9-19-30(23)37-31-18-8-7-15-26(31)28-20-21-32-34(35(28)37)33-27-16-5-3-13-24(27)25-14-4-6-17-29(25)36(33)38-32/h1-21H. The maximum Gasteiger partial charge on any atom is 0.0634 e. The molecule has 0 fully saturated rings. The van der Waals surface area contributed by atoms with Crippen LogP contribution in [0, 0.1) is 0 Å². The highest BCUT2D eigenvalue weighted by molar-refractivity contribution is 7.27. The van der Waals surface area contributed by atoms with Crippen LogP contribution in [0.4, 0.5) is 0 Å². The van der Waals surface area contributed by atoms with Gasteiger partial charge in [-0.3, -0.25) is 0 Å². The fraction of sp³-hybridized carbons (Fsp3) is 0. The second-order valence-electron chi connectivity index (χ2n) is 10.1. The van der Waals surface area contributed by atoms with Crippen LogP contribution in [-0.4, -0.2) is 4.57 Å². The van der Waals surface area contributed by atoms with Crippen LogP contribution < -0.4 is 0 Å². The number of hydrogen-bond acceptors (Lipinski definition) is 1. The van der Waals surface area contributed by atoms with Crippen LogP contribution in [0.3, 0.4) is 0 Å². The van der Waals surface area contributed by atoms with Gasteiger partial charge in [-0.2, -0.15) is 0 Å². The van der Waals surface area contributed by atoms with E-state index in [9.17, 15) is 0 Å². The zero-order valence-corrected chi connectivity index (χ0v) is 21.3. The molecule has 0 bridgehead atoms. The molecular weight excluding hydrogens is 478 g/mol. The van der Waals surface area contributed by atoms with Gasteiger partial charge in [0.15, 0.2) is 0 Å². The predicted octanol–water partition coefficient (Wildman–Crippen LogP) is 10.6. The summed E-state index contributed by atoms with van der Waals surface area (Å²) < 4.78 is 5.22. The number of fused-ring (bicyclic) bond motifs is 13. The molecule has 0 aliphatic heterocycles. The summed E-state index contributed by atoms with van der Waals surface area (Å²) in [4.78, 5) is 0. The van der Waals surface area contributed by atoms with Gasteiger partial charge in [-0.1, -0.05) is 109 Å². The molecule has 0 saturated carbocycles. The number of para-hydroxylation sites is 1. The summed E-state index contributed by atoms with van der Waals surface area (Å²) in [6.07, 6.45) is 0. The molecule has 0 aliphatic carbocycles. The first-order valence-corrected chi connectivity index (χ1v) is 13.9. The van der Waals surface area contributed by atoms with Gasteiger partial charge in [-0.25, -0.2) is 0 Å². The van der Waals surface area contributed by atoms with Gasteiger partial charge in [0.1, 0.15) is 0 Å². The number of hydrogen-bond donors (Lipinski definition) is 0. The molecule has 9 aromatic rings. The normalized spacial score (nSPS) is 12.2. The number of rotatable bonds is 1. The lowest BCUT2D eigenvalue weighted by Gasteiger charge is -2.13. The summed E-state index contributed by atoms with van der Waals surface area (Å²) in [5.74, 6) is 0. The third kappa shape index (κ3) is 2.55. The van der Waals surface area contributed by atoms with Gasteiger partial charge in [0.25, 0.3) is 0 Å². The third-order valence-corrected chi connectivity index (χ3v) is 9.34. The van der Waals surface area contributed by atoms with E-state index in [0.29, 0.717) is 0 Å². The molecule has 0 aliphatic rings. The van der Waals surface area contributed by atoms with Crippen LogP contribution in [-0.2, 0) is 0 Å². The van der Waals surface area contributed by atoms with Crippen molar-refractivity contribution in [2.75, 3.05) is 0 Å². The van der Waals surface area contributed by atoms with Gasteiger partial charge < -0.3 is 4.57 Å². The summed E-state index contributed by atoms with van der Waals surface area (Å²) in [6.45, 7) is 0. The number of thiophene rings is 1. The Morgan fingerprint density at radius 3 is 1.89 bits per heavy atom. The fourth-order valence-corrected chi connectivity index (χ4v) is 7.85. The molecule has 0 N–H and O–H groups in total. The molecule has 0 spiro atoms. The van der Waals surface area contributed by atoms with E-state index in [2.05, 4.69) is 132 Å². The van der Waals surface area contributed by atoms with Crippen LogP contribution >= 0.6 is 11.3 Å². The Balaban J connectivity index is 1.61. The Morgan fingerprint density at radius 2 is 1.05 bits per heavy atom. The number of nitrogens with zero attached hydrogens (tertiary/aromatic N) is 1. The van der Waals surface area contributed by atoms with Crippen molar-refractivity contribution in [2.45, 2.75) is 0 Å². The molecule has 2 heterocycles. The first-order valence-electron chi connectivity index (χ1n) is 13.0. The Bertz CT molecular complexity index is 2400. The van der Waals surface area contributed by atoms with Crippen LogP contribution in [0.15, 0.2) is 127 Å². The Morgan fingerprint density at radius 1 is 0.421 bits per heavy atom. The first-order chi connectivity index (χ1) is 18.9. The van der Waals surface area contributed by atoms with E-state index in [1.807, 2.05) is 11.3 Å². The highest BCUT2D eigenvalue weighted by Gasteiger charge is 2.21. The van der Waals surface area contributed by atoms with E-state index in [1.54, 1.807) is 0 Å². The molecule has 1 nitrogen and oxygen atoms in total. The minimum Gasteiger partial charge on any atom is -0.308 e. The second-order valence-corrected chi connectivity index (χ2v) is 11.1. The maximum absolute atomic E-state index is 2.52. The highest BCUT2D eigenvalue weighted by Crippen LogP contribution is 2.48. The van der Waals surface area contributed by atoms with Gasteiger partial charge in [-0.05, 0) is 39.7 Å². The van der Waals surface area contributed by atoms with Gasteiger partial charge >= 0.3 is 0 Å². The van der Waals surface area contributed by atoms with Crippen molar-refractivity contribution in [3.63, 3.8) is 0 Å². The van der Waals surface area contributed by atoms with Crippen LogP contribution in [0.25, 0.3) is 80.0 Å². The van der Waals surface area contributed by atoms with E-state index < -0.39 is 0 Å². The fourth-order valence-electron chi connectivity index (χ4n) is 6.59. The molecular formula is C36H21NS. The molecule has 2 aromatic heterocycles. The molecule has 7 aromatic carbocycles.